The number of nitrogens with zero attached hydrogens (tertiary/aromatic N) is 2. The number of halogens is 6. The second-order valence-corrected chi connectivity index (χ2v) is 9.92. The Morgan fingerprint density at radius 3 is 2.47 bits per heavy atom. The molecule has 1 saturated carbocycles. The molecule has 1 saturated heterocycles. The summed E-state index contributed by atoms with van der Waals surface area (Å²) in [6.45, 7) is 0.503. The van der Waals surface area contributed by atoms with Crippen LogP contribution in [0.15, 0.2) is 41.5 Å². The van der Waals surface area contributed by atoms with Crippen LogP contribution in [-0.4, -0.2) is 38.1 Å². The standard InChI is InChI=1S/C23H22Cl3F3N4O/c24-17-7-16(8-18(25)9-17)22(23(27,28)29)5-6-33(13-22)19-4-3-15(20(26)10-19)12-31-32-21(34)30-11-14-1-2-14/h3-4,7-10,12,14H,1-2,5-6,11,13H2,(H2,30,32,34)/b31-12+. The molecule has 1 aliphatic carbocycles. The highest BCUT2D eigenvalue weighted by atomic mass is 35.5. The maximum atomic E-state index is 14.3. The minimum Gasteiger partial charge on any atom is -0.370 e. The molecule has 0 spiro atoms. The zero-order valence-electron chi connectivity index (χ0n) is 17.9. The molecular formula is C23H22Cl3F3N4O. The number of carbonyl (C=O) groups is 1. The van der Waals surface area contributed by atoms with Crippen molar-refractivity contribution in [3.63, 3.8) is 0 Å². The molecule has 1 unspecified atom stereocenters. The Labute approximate surface area is 210 Å². The van der Waals surface area contributed by atoms with Gasteiger partial charge in [-0.05, 0) is 67.1 Å². The fourth-order valence-electron chi connectivity index (χ4n) is 4.07. The topological polar surface area (TPSA) is 56.7 Å². The lowest BCUT2D eigenvalue weighted by molar-refractivity contribution is -0.184. The highest BCUT2D eigenvalue weighted by Gasteiger charge is 2.59. The Hall–Kier alpha value is -2.16. The fourth-order valence-corrected chi connectivity index (χ4v) is 4.82. The first-order valence-electron chi connectivity index (χ1n) is 10.7. The van der Waals surface area contributed by atoms with Crippen LogP contribution in [0, 0.1) is 5.92 Å². The number of carbonyl (C=O) groups excluding carboxylic acids is 1. The van der Waals surface area contributed by atoms with E-state index in [4.69, 9.17) is 34.8 Å². The van der Waals surface area contributed by atoms with Crippen molar-refractivity contribution in [2.45, 2.75) is 30.9 Å². The first kappa shape index (κ1) is 24.9. The van der Waals surface area contributed by atoms with Gasteiger partial charge in [0.15, 0.2) is 0 Å². The van der Waals surface area contributed by atoms with E-state index in [0.29, 0.717) is 28.7 Å². The van der Waals surface area contributed by atoms with Gasteiger partial charge < -0.3 is 10.2 Å². The van der Waals surface area contributed by atoms with E-state index in [-0.39, 0.29) is 35.1 Å². The van der Waals surface area contributed by atoms with Crippen molar-refractivity contribution in [1.29, 1.82) is 0 Å². The number of anilines is 1. The van der Waals surface area contributed by atoms with Gasteiger partial charge in [0.05, 0.1) is 11.2 Å². The van der Waals surface area contributed by atoms with Crippen LogP contribution in [0.2, 0.25) is 15.1 Å². The van der Waals surface area contributed by atoms with Gasteiger partial charge in [-0.15, -0.1) is 0 Å². The molecule has 1 atom stereocenters. The van der Waals surface area contributed by atoms with Gasteiger partial charge in [-0.3, -0.25) is 0 Å². The van der Waals surface area contributed by atoms with E-state index in [9.17, 15) is 18.0 Å². The predicted octanol–water partition coefficient (Wildman–Crippen LogP) is 6.40. The van der Waals surface area contributed by atoms with E-state index >= 15 is 0 Å². The normalized spacial score (nSPS) is 20.7. The monoisotopic (exact) mass is 532 g/mol. The van der Waals surface area contributed by atoms with Crippen molar-refractivity contribution in [2.24, 2.45) is 11.0 Å². The van der Waals surface area contributed by atoms with E-state index < -0.39 is 17.6 Å². The summed E-state index contributed by atoms with van der Waals surface area (Å²) in [5.41, 5.74) is 1.38. The van der Waals surface area contributed by atoms with E-state index in [2.05, 4.69) is 15.8 Å². The molecule has 182 valence electrons. The fraction of sp³-hybridized carbons (Fsp3) is 0.391. The average Bonchev–Trinajstić information content (AvgIpc) is 3.47. The van der Waals surface area contributed by atoms with Crippen molar-refractivity contribution in [3.8, 4) is 0 Å². The molecule has 4 rings (SSSR count). The van der Waals surface area contributed by atoms with Crippen molar-refractivity contribution in [3.05, 3.63) is 62.6 Å². The lowest BCUT2D eigenvalue weighted by atomic mass is 9.79. The van der Waals surface area contributed by atoms with Crippen molar-refractivity contribution < 1.29 is 18.0 Å². The summed E-state index contributed by atoms with van der Waals surface area (Å²) in [6, 6.07) is 8.57. The van der Waals surface area contributed by atoms with Crippen molar-refractivity contribution in [1.82, 2.24) is 10.7 Å². The molecule has 0 bridgehead atoms. The Morgan fingerprint density at radius 1 is 1.15 bits per heavy atom. The van der Waals surface area contributed by atoms with Crippen LogP contribution in [0.5, 0.6) is 0 Å². The van der Waals surface area contributed by atoms with Gasteiger partial charge in [-0.2, -0.15) is 18.3 Å². The molecule has 0 aromatic heterocycles. The number of amides is 2. The molecule has 2 aromatic carbocycles. The van der Waals surface area contributed by atoms with Gasteiger partial charge in [0.1, 0.15) is 5.41 Å². The second-order valence-electron chi connectivity index (χ2n) is 8.64. The van der Waals surface area contributed by atoms with Crippen molar-refractivity contribution in [2.75, 3.05) is 24.5 Å². The van der Waals surface area contributed by atoms with E-state index in [1.54, 1.807) is 23.1 Å². The summed E-state index contributed by atoms with van der Waals surface area (Å²) >= 11 is 18.4. The van der Waals surface area contributed by atoms with Crippen LogP contribution in [0.4, 0.5) is 23.7 Å². The molecule has 34 heavy (non-hydrogen) atoms. The minimum atomic E-state index is -4.50. The lowest BCUT2D eigenvalue weighted by Gasteiger charge is -2.33. The zero-order chi connectivity index (χ0) is 24.5. The number of hydrogen-bond acceptors (Lipinski definition) is 3. The third-order valence-electron chi connectivity index (χ3n) is 6.19. The number of hydrogen-bond donors (Lipinski definition) is 2. The molecule has 2 N–H and O–H groups in total. The maximum absolute atomic E-state index is 14.3. The number of nitrogens with one attached hydrogen (secondary N) is 2. The summed E-state index contributed by atoms with van der Waals surface area (Å²) in [6.07, 6.45) is -1.01. The summed E-state index contributed by atoms with van der Waals surface area (Å²) in [5, 5.41) is 7.22. The average molecular weight is 534 g/mol. The van der Waals surface area contributed by atoms with Crippen LogP contribution in [0.25, 0.3) is 0 Å². The highest BCUT2D eigenvalue weighted by molar-refractivity contribution is 6.34. The van der Waals surface area contributed by atoms with Gasteiger partial charge in [-0.25, -0.2) is 10.2 Å². The lowest BCUT2D eigenvalue weighted by Crippen LogP contribution is -2.44. The molecule has 5 nitrogen and oxygen atoms in total. The quantitative estimate of drug-likeness (QED) is 0.333. The van der Waals surface area contributed by atoms with E-state index in [1.165, 1.54) is 24.4 Å². The number of hydrazone groups is 1. The largest absolute Gasteiger partial charge is 0.400 e. The van der Waals surface area contributed by atoms with E-state index in [0.717, 1.165) is 12.8 Å². The molecular weight excluding hydrogens is 512 g/mol. The SMILES string of the molecule is O=C(NCC1CC1)N/N=C/c1ccc(N2CCC(c3cc(Cl)cc(Cl)c3)(C(F)(F)F)C2)cc1Cl. The third kappa shape index (κ3) is 5.56. The Morgan fingerprint density at radius 2 is 1.85 bits per heavy atom. The summed E-state index contributed by atoms with van der Waals surface area (Å²) in [5.74, 6) is 0.550. The Bertz CT molecular complexity index is 1090. The van der Waals surface area contributed by atoms with Crippen LogP contribution in [0.3, 0.4) is 0 Å². The van der Waals surface area contributed by atoms with Gasteiger partial charge in [0, 0.05) is 40.9 Å². The summed E-state index contributed by atoms with van der Waals surface area (Å²) < 4.78 is 42.9. The van der Waals surface area contributed by atoms with Crippen LogP contribution >= 0.6 is 34.8 Å². The predicted molar refractivity (Wildman–Crippen MR) is 129 cm³/mol. The first-order valence-corrected chi connectivity index (χ1v) is 11.9. The molecule has 0 radical (unpaired) electrons. The van der Waals surface area contributed by atoms with Crippen LogP contribution in [-0.2, 0) is 5.41 Å². The number of benzene rings is 2. The van der Waals surface area contributed by atoms with Gasteiger partial charge in [0.25, 0.3) is 0 Å². The highest BCUT2D eigenvalue weighted by Crippen LogP contribution is 2.49. The maximum Gasteiger partial charge on any atom is 0.400 e. The number of rotatable bonds is 6. The first-order chi connectivity index (χ1) is 16.1. The smallest absolute Gasteiger partial charge is 0.370 e. The number of urea groups is 1. The van der Waals surface area contributed by atoms with Crippen LogP contribution < -0.4 is 15.6 Å². The Kier molecular flexibility index (Phi) is 7.22. The molecule has 1 heterocycles. The van der Waals surface area contributed by atoms with E-state index in [1.807, 2.05) is 0 Å². The summed E-state index contributed by atoms with van der Waals surface area (Å²) in [4.78, 5) is 13.3. The molecule has 2 aromatic rings. The summed E-state index contributed by atoms with van der Waals surface area (Å²) in [7, 11) is 0. The third-order valence-corrected chi connectivity index (χ3v) is 6.96. The molecule has 2 amide bonds. The van der Waals surface area contributed by atoms with Crippen molar-refractivity contribution >= 4 is 52.7 Å². The zero-order valence-corrected chi connectivity index (χ0v) is 20.2. The van der Waals surface area contributed by atoms with Gasteiger partial charge in [-0.1, -0.05) is 34.8 Å². The molecule has 2 aliphatic rings. The number of alkyl halides is 3. The molecule has 11 heteroatoms. The Balaban J connectivity index is 1.47. The molecule has 1 aliphatic heterocycles. The van der Waals surface area contributed by atoms with Gasteiger partial charge >= 0.3 is 12.2 Å². The minimum absolute atomic E-state index is 0.0425. The molecule has 2 fully saturated rings. The van der Waals surface area contributed by atoms with Crippen LogP contribution in [0.1, 0.15) is 30.4 Å². The second kappa shape index (κ2) is 9.84. The van der Waals surface area contributed by atoms with Gasteiger partial charge in [0.2, 0.25) is 0 Å².